The van der Waals surface area contributed by atoms with Crippen molar-refractivity contribution in [3.63, 3.8) is 0 Å². The molecular formula is C29H50O9. The first kappa shape index (κ1) is 34.4. The number of carbonyl (C=O) groups excluding carboxylic acids is 1. The van der Waals surface area contributed by atoms with E-state index in [1.165, 1.54) is 32.1 Å². The van der Waals surface area contributed by atoms with Crippen LogP contribution in [0.5, 0.6) is 0 Å². The van der Waals surface area contributed by atoms with E-state index in [-0.39, 0.29) is 12.6 Å². The van der Waals surface area contributed by atoms with Crippen molar-refractivity contribution in [2.45, 2.75) is 45.4 Å². The third-order valence-electron chi connectivity index (χ3n) is 5.34. The van der Waals surface area contributed by atoms with Gasteiger partial charge in [-0.25, -0.2) is 4.79 Å². The molecule has 0 radical (unpaired) electrons. The highest BCUT2D eigenvalue weighted by atomic mass is 16.6. The van der Waals surface area contributed by atoms with Crippen LogP contribution >= 0.6 is 0 Å². The van der Waals surface area contributed by atoms with E-state index in [2.05, 4.69) is 6.92 Å². The van der Waals surface area contributed by atoms with Crippen molar-refractivity contribution in [3.8, 4) is 0 Å². The predicted octanol–water partition coefficient (Wildman–Crippen LogP) is 4.32. The minimum Gasteiger partial charge on any atom is -0.460 e. The molecule has 0 spiro atoms. The molecule has 220 valence electrons. The first-order valence-electron chi connectivity index (χ1n) is 14.1. The quantitative estimate of drug-likeness (QED) is 0.108. The molecule has 0 atom stereocenters. The summed E-state index contributed by atoms with van der Waals surface area (Å²) < 4.78 is 43.4. The van der Waals surface area contributed by atoms with Crippen LogP contribution in [0, 0.1) is 0 Å². The molecule has 0 saturated heterocycles. The van der Waals surface area contributed by atoms with Crippen molar-refractivity contribution in [3.05, 3.63) is 35.9 Å². The zero-order valence-electron chi connectivity index (χ0n) is 23.4. The number of hydrogen-bond acceptors (Lipinski definition) is 9. The van der Waals surface area contributed by atoms with E-state index in [1.54, 1.807) is 24.3 Å². The molecular weight excluding hydrogens is 492 g/mol. The zero-order chi connectivity index (χ0) is 27.2. The third kappa shape index (κ3) is 23.5. The molecule has 0 unspecified atom stereocenters. The summed E-state index contributed by atoms with van der Waals surface area (Å²) in [6.07, 6.45) is 7.67. The summed E-state index contributed by atoms with van der Waals surface area (Å²) in [6, 6.07) is 8.88. The molecule has 0 amide bonds. The maximum Gasteiger partial charge on any atom is 0.338 e. The highest BCUT2D eigenvalue weighted by Crippen LogP contribution is 2.04. The Bertz CT molecular complexity index is 615. The first-order chi connectivity index (χ1) is 18.8. The molecule has 0 saturated carbocycles. The van der Waals surface area contributed by atoms with E-state index >= 15 is 0 Å². The lowest BCUT2D eigenvalue weighted by atomic mass is 10.1. The maximum absolute atomic E-state index is 11.8. The lowest BCUT2D eigenvalue weighted by Gasteiger charge is -2.09. The van der Waals surface area contributed by atoms with Crippen LogP contribution in [0.25, 0.3) is 0 Å². The Labute approximate surface area is 229 Å². The summed E-state index contributed by atoms with van der Waals surface area (Å²) in [4.78, 5) is 11.8. The zero-order valence-corrected chi connectivity index (χ0v) is 23.4. The Morgan fingerprint density at radius 1 is 0.474 bits per heavy atom. The Hall–Kier alpha value is -1.59. The molecule has 0 aliphatic heterocycles. The second-order valence-corrected chi connectivity index (χ2v) is 8.56. The van der Waals surface area contributed by atoms with Crippen LogP contribution in [0.4, 0.5) is 0 Å². The fourth-order valence-electron chi connectivity index (χ4n) is 3.26. The minimum absolute atomic E-state index is 0.213. The monoisotopic (exact) mass is 542 g/mol. The Morgan fingerprint density at radius 2 is 0.842 bits per heavy atom. The predicted molar refractivity (Wildman–Crippen MR) is 146 cm³/mol. The van der Waals surface area contributed by atoms with Gasteiger partial charge in [0.05, 0.1) is 91.5 Å². The second kappa shape index (κ2) is 28.4. The van der Waals surface area contributed by atoms with Gasteiger partial charge in [0.15, 0.2) is 0 Å². The van der Waals surface area contributed by atoms with Gasteiger partial charge in [-0.1, -0.05) is 57.2 Å². The van der Waals surface area contributed by atoms with Crippen molar-refractivity contribution in [2.75, 3.05) is 99.1 Å². The van der Waals surface area contributed by atoms with Gasteiger partial charge in [0.25, 0.3) is 0 Å². The number of benzene rings is 1. The summed E-state index contributed by atoms with van der Waals surface area (Å²) in [6.45, 7) is 9.93. The highest BCUT2D eigenvalue weighted by Gasteiger charge is 2.05. The van der Waals surface area contributed by atoms with Crippen LogP contribution in [0.1, 0.15) is 55.8 Å². The summed E-state index contributed by atoms with van der Waals surface area (Å²) >= 11 is 0. The molecule has 0 aliphatic carbocycles. The summed E-state index contributed by atoms with van der Waals surface area (Å²) in [5.41, 5.74) is 0.533. The molecule has 9 nitrogen and oxygen atoms in total. The smallest absolute Gasteiger partial charge is 0.338 e. The molecule has 0 aromatic heterocycles. The Balaban J connectivity index is 1.66. The molecule has 1 aromatic carbocycles. The molecule has 1 rings (SSSR count). The normalized spacial score (nSPS) is 11.2. The third-order valence-corrected chi connectivity index (χ3v) is 5.34. The van der Waals surface area contributed by atoms with Crippen LogP contribution in [0.2, 0.25) is 0 Å². The molecule has 38 heavy (non-hydrogen) atoms. The van der Waals surface area contributed by atoms with Gasteiger partial charge in [0.1, 0.15) is 6.61 Å². The molecule has 0 fully saturated rings. The van der Waals surface area contributed by atoms with Crippen molar-refractivity contribution >= 4 is 5.97 Å². The topological polar surface area (TPSA) is 90.9 Å². The molecule has 0 N–H and O–H groups in total. The molecule has 1 aromatic rings. The molecule has 0 aliphatic rings. The van der Waals surface area contributed by atoms with E-state index < -0.39 is 0 Å². The van der Waals surface area contributed by atoms with Crippen LogP contribution in [0.3, 0.4) is 0 Å². The fourth-order valence-corrected chi connectivity index (χ4v) is 3.26. The van der Waals surface area contributed by atoms with Crippen LogP contribution in [-0.4, -0.2) is 105 Å². The van der Waals surface area contributed by atoms with E-state index in [9.17, 15) is 4.79 Å². The highest BCUT2D eigenvalue weighted by molar-refractivity contribution is 5.89. The number of carbonyl (C=O) groups is 1. The minimum atomic E-state index is -0.348. The van der Waals surface area contributed by atoms with Crippen LogP contribution < -0.4 is 0 Å². The lowest BCUT2D eigenvalue weighted by Crippen LogP contribution is -2.15. The van der Waals surface area contributed by atoms with Crippen molar-refractivity contribution < 1.29 is 42.7 Å². The van der Waals surface area contributed by atoms with Gasteiger partial charge in [-0.2, -0.15) is 0 Å². The number of esters is 1. The van der Waals surface area contributed by atoms with Crippen molar-refractivity contribution in [2.24, 2.45) is 0 Å². The first-order valence-corrected chi connectivity index (χ1v) is 14.1. The van der Waals surface area contributed by atoms with E-state index in [4.69, 9.17) is 37.9 Å². The summed E-state index contributed by atoms with van der Waals surface area (Å²) in [5.74, 6) is -0.348. The Morgan fingerprint density at radius 3 is 1.29 bits per heavy atom. The maximum atomic E-state index is 11.8. The van der Waals surface area contributed by atoms with Gasteiger partial charge in [-0.05, 0) is 18.6 Å². The van der Waals surface area contributed by atoms with Gasteiger partial charge in [0, 0.05) is 6.61 Å². The van der Waals surface area contributed by atoms with Crippen molar-refractivity contribution in [1.82, 2.24) is 0 Å². The lowest BCUT2D eigenvalue weighted by molar-refractivity contribution is -0.0223. The number of rotatable bonds is 29. The van der Waals surface area contributed by atoms with Gasteiger partial charge in [-0.15, -0.1) is 0 Å². The van der Waals surface area contributed by atoms with Crippen molar-refractivity contribution in [1.29, 1.82) is 0 Å². The largest absolute Gasteiger partial charge is 0.460 e. The summed E-state index contributed by atoms with van der Waals surface area (Å²) in [5, 5.41) is 0. The second-order valence-electron chi connectivity index (χ2n) is 8.56. The SMILES string of the molecule is CCCCCCCCOCCOCCOCCOCCOCCOCCOCCOC(=O)c1ccccc1. The average Bonchev–Trinajstić information content (AvgIpc) is 2.95. The molecule has 0 bridgehead atoms. The van der Waals surface area contributed by atoms with E-state index in [0.29, 0.717) is 91.5 Å². The number of hydrogen-bond donors (Lipinski definition) is 0. The van der Waals surface area contributed by atoms with Crippen LogP contribution in [-0.2, 0) is 37.9 Å². The molecule has 0 heterocycles. The van der Waals surface area contributed by atoms with Gasteiger partial charge in [-0.3, -0.25) is 0 Å². The average molecular weight is 543 g/mol. The fraction of sp³-hybridized carbons (Fsp3) is 0.759. The molecule has 9 heteroatoms. The standard InChI is InChI=1S/C29H50O9/c1-2-3-4-5-6-10-13-31-14-15-32-16-17-33-18-19-34-20-21-35-22-23-36-24-25-37-26-27-38-29(30)28-11-8-7-9-12-28/h7-9,11-12H,2-6,10,13-27H2,1H3. The number of unbranched alkanes of at least 4 members (excludes halogenated alkanes) is 5. The summed E-state index contributed by atoms with van der Waals surface area (Å²) in [7, 11) is 0. The van der Waals surface area contributed by atoms with Gasteiger partial charge >= 0.3 is 5.97 Å². The van der Waals surface area contributed by atoms with E-state index in [0.717, 1.165) is 13.0 Å². The Kier molecular flexibility index (Phi) is 25.8. The van der Waals surface area contributed by atoms with E-state index in [1.807, 2.05) is 6.07 Å². The van der Waals surface area contributed by atoms with Gasteiger partial charge < -0.3 is 37.9 Å². The van der Waals surface area contributed by atoms with Gasteiger partial charge in [0.2, 0.25) is 0 Å². The number of ether oxygens (including phenoxy) is 8. The van der Waals surface area contributed by atoms with Crippen LogP contribution in [0.15, 0.2) is 30.3 Å².